The Balaban J connectivity index is 1.60. The van der Waals surface area contributed by atoms with E-state index in [4.69, 9.17) is 4.74 Å². The maximum atomic E-state index is 13.8. The van der Waals surface area contributed by atoms with Gasteiger partial charge in [0.05, 0.1) is 24.0 Å². The number of aryl methyl sites for hydroxylation is 2. The zero-order valence-electron chi connectivity index (χ0n) is 23.3. The van der Waals surface area contributed by atoms with E-state index in [0.717, 1.165) is 40.8 Å². The normalized spacial score (nSPS) is 13.4. The molecule has 41 heavy (non-hydrogen) atoms. The summed E-state index contributed by atoms with van der Waals surface area (Å²) in [5.41, 5.74) is 1.02. The number of ether oxygens (including phenoxy) is 1. The molecule has 0 bridgehead atoms. The predicted molar refractivity (Wildman–Crippen MR) is 154 cm³/mol. The highest BCUT2D eigenvalue weighted by Crippen LogP contribution is 2.39. The molecule has 0 aliphatic heterocycles. The lowest BCUT2D eigenvalue weighted by Crippen LogP contribution is -2.39. The highest BCUT2D eigenvalue weighted by molar-refractivity contribution is 7.91. The van der Waals surface area contributed by atoms with Crippen molar-refractivity contribution in [2.45, 2.75) is 70.0 Å². The van der Waals surface area contributed by atoms with E-state index in [2.05, 4.69) is 0 Å². The molecule has 4 aromatic rings. The second-order valence-corrected chi connectivity index (χ2v) is 13.3. The monoisotopic (exact) mass is 610 g/mol. The molecule has 12 heteroatoms. The van der Waals surface area contributed by atoms with Crippen LogP contribution < -0.4 is 4.74 Å². The molecule has 0 saturated carbocycles. The van der Waals surface area contributed by atoms with Crippen molar-refractivity contribution in [1.29, 1.82) is 0 Å². The van der Waals surface area contributed by atoms with Crippen LogP contribution in [0.3, 0.4) is 0 Å². The van der Waals surface area contributed by atoms with Crippen LogP contribution in [0.1, 0.15) is 50.3 Å². The van der Waals surface area contributed by atoms with Gasteiger partial charge in [0.2, 0.25) is 0 Å². The Morgan fingerprint density at radius 1 is 1.12 bits per heavy atom. The largest absolute Gasteiger partial charge is 0.489 e. The molecule has 2 aromatic carbocycles. The lowest BCUT2D eigenvalue weighted by molar-refractivity contribution is -0.138. The van der Waals surface area contributed by atoms with Crippen molar-refractivity contribution >= 4 is 48.3 Å². The number of carboxylic acids is 1. The molecule has 0 saturated heterocycles. The van der Waals surface area contributed by atoms with Crippen molar-refractivity contribution in [1.82, 2.24) is 8.87 Å². The highest BCUT2D eigenvalue weighted by Gasteiger charge is 2.33. The van der Waals surface area contributed by atoms with Crippen molar-refractivity contribution in [2.75, 3.05) is 13.1 Å². The zero-order valence-corrected chi connectivity index (χ0v) is 24.9. The number of alkyl halides is 3. The van der Waals surface area contributed by atoms with Gasteiger partial charge in [0.25, 0.3) is 10.0 Å². The molecular weight excluding hydrogens is 577 g/mol. The number of carbonyl (C=O) groups is 1. The van der Waals surface area contributed by atoms with Crippen molar-refractivity contribution in [3.05, 3.63) is 59.3 Å². The second-order valence-electron chi connectivity index (χ2n) is 10.1. The van der Waals surface area contributed by atoms with Crippen LogP contribution in [0.4, 0.5) is 13.2 Å². The Labute approximate surface area is 241 Å². The number of hydrogen-bond donors (Lipinski definition) is 1. The Bertz CT molecular complexity index is 1680. The minimum atomic E-state index is -4.53. The molecular formula is C29H33F3N2O5S2. The number of sulfonamides is 1. The number of rotatable bonds is 12. The fraction of sp³-hybridized carbons (Fsp3) is 0.414. The number of aliphatic carboxylic acids is 1. The third kappa shape index (κ3) is 6.54. The topological polar surface area (TPSA) is 88.8 Å². The van der Waals surface area contributed by atoms with Crippen molar-refractivity contribution < 1.29 is 36.2 Å². The number of nitrogens with zero attached hydrogens (tertiary/aromatic N) is 2. The third-order valence-electron chi connectivity index (χ3n) is 6.81. The molecule has 1 atom stereocenters. The van der Waals surface area contributed by atoms with Gasteiger partial charge in [-0.15, -0.1) is 11.3 Å². The summed E-state index contributed by atoms with van der Waals surface area (Å²) in [5, 5.41) is 10.4. The van der Waals surface area contributed by atoms with E-state index in [0.29, 0.717) is 34.5 Å². The van der Waals surface area contributed by atoms with E-state index in [-0.39, 0.29) is 29.1 Å². The van der Waals surface area contributed by atoms with E-state index in [9.17, 15) is 31.5 Å². The molecule has 0 amide bonds. The summed E-state index contributed by atoms with van der Waals surface area (Å²) >= 11 is 0.967. The van der Waals surface area contributed by atoms with Crippen LogP contribution in [-0.2, 0) is 34.0 Å². The molecule has 7 nitrogen and oxygen atoms in total. The van der Waals surface area contributed by atoms with E-state index in [1.807, 2.05) is 36.7 Å². The number of thiophene rings is 1. The third-order valence-corrected chi connectivity index (χ3v) is 10.5. The lowest BCUT2D eigenvalue weighted by atomic mass is 10.1. The fourth-order valence-electron chi connectivity index (χ4n) is 5.00. The molecule has 0 radical (unpaired) electrons. The first kappa shape index (κ1) is 30.9. The molecule has 0 aliphatic carbocycles. The minimum Gasteiger partial charge on any atom is -0.489 e. The summed E-state index contributed by atoms with van der Waals surface area (Å²) in [7, 11) is -4.02. The molecule has 0 fully saturated rings. The van der Waals surface area contributed by atoms with Gasteiger partial charge in [-0.2, -0.15) is 17.5 Å². The average molecular weight is 611 g/mol. The number of fused-ring (bicyclic) bond motifs is 2. The van der Waals surface area contributed by atoms with Gasteiger partial charge in [-0.1, -0.05) is 13.8 Å². The van der Waals surface area contributed by atoms with Gasteiger partial charge in [-0.25, -0.2) is 8.42 Å². The van der Waals surface area contributed by atoms with Crippen LogP contribution >= 0.6 is 11.3 Å². The Hall–Kier alpha value is -3.09. The molecule has 2 heterocycles. The number of carboxylic acid groups (broad SMARTS) is 1. The number of halogens is 3. The Kier molecular flexibility index (Phi) is 9.05. The van der Waals surface area contributed by atoms with E-state index in [1.54, 1.807) is 13.0 Å². The summed E-state index contributed by atoms with van der Waals surface area (Å²) in [4.78, 5) is 11.3. The summed E-state index contributed by atoms with van der Waals surface area (Å²) < 4.78 is 77.3. The molecule has 2 aromatic heterocycles. The van der Waals surface area contributed by atoms with Crippen molar-refractivity contribution in [2.24, 2.45) is 0 Å². The molecule has 1 N–H and O–H groups in total. The molecule has 4 rings (SSSR count). The van der Waals surface area contributed by atoms with Gasteiger partial charge >= 0.3 is 12.1 Å². The van der Waals surface area contributed by atoms with Gasteiger partial charge in [0.15, 0.2) is 0 Å². The maximum absolute atomic E-state index is 13.8. The maximum Gasteiger partial charge on any atom is 0.416 e. The zero-order chi connectivity index (χ0) is 30.1. The Morgan fingerprint density at radius 3 is 2.49 bits per heavy atom. The number of benzene rings is 2. The summed E-state index contributed by atoms with van der Waals surface area (Å²) in [6, 6.07) is 8.68. The molecule has 222 valence electrons. The Morgan fingerprint density at radius 2 is 1.85 bits per heavy atom. The van der Waals surface area contributed by atoms with Gasteiger partial charge < -0.3 is 14.4 Å². The summed E-state index contributed by atoms with van der Waals surface area (Å²) in [6.07, 6.45) is -1.93. The van der Waals surface area contributed by atoms with Gasteiger partial charge in [-0.3, -0.25) is 4.79 Å². The van der Waals surface area contributed by atoms with Crippen molar-refractivity contribution in [3.63, 3.8) is 0 Å². The van der Waals surface area contributed by atoms with Crippen LogP contribution in [0.15, 0.2) is 46.8 Å². The first-order valence-corrected chi connectivity index (χ1v) is 15.6. The van der Waals surface area contributed by atoms with Crippen LogP contribution in [0.25, 0.3) is 21.0 Å². The molecule has 0 spiro atoms. The quantitative estimate of drug-likeness (QED) is 0.185. The minimum absolute atomic E-state index is 0.0252. The van der Waals surface area contributed by atoms with Gasteiger partial charge in [0.1, 0.15) is 16.1 Å². The standard InChI is InChI=1S/C29H33F3N2O5S2/c1-5-11-33-17-20(13-27(35)36)23-9-8-22(15-25(23)33)39-18(3)16-34(12-6-2)41(37,38)28-19(4)24-14-21(29(30,31)32)7-10-26(24)40-28/h7-10,14-15,17-18H,5-6,11-13,16H2,1-4H3,(H,35,36)/t18-/m1/s1. The van der Waals surface area contributed by atoms with E-state index >= 15 is 0 Å². The molecule has 0 aliphatic rings. The average Bonchev–Trinajstić information content (AvgIpc) is 3.40. The number of aromatic nitrogens is 1. The van der Waals surface area contributed by atoms with Crippen LogP contribution in [0, 0.1) is 6.92 Å². The lowest BCUT2D eigenvalue weighted by Gasteiger charge is -2.25. The summed E-state index contributed by atoms with van der Waals surface area (Å²) in [6.45, 7) is 8.14. The van der Waals surface area contributed by atoms with E-state index in [1.165, 1.54) is 17.3 Å². The number of hydrogen-bond acceptors (Lipinski definition) is 5. The van der Waals surface area contributed by atoms with Crippen LogP contribution in [0.2, 0.25) is 0 Å². The highest BCUT2D eigenvalue weighted by atomic mass is 32.2. The van der Waals surface area contributed by atoms with Crippen LogP contribution in [-0.4, -0.2) is 47.6 Å². The smallest absolute Gasteiger partial charge is 0.416 e. The first-order valence-electron chi connectivity index (χ1n) is 13.4. The second kappa shape index (κ2) is 12.0. The van der Waals surface area contributed by atoms with Gasteiger partial charge in [0, 0.05) is 35.4 Å². The first-order chi connectivity index (χ1) is 19.3. The van der Waals surface area contributed by atoms with E-state index < -0.39 is 33.8 Å². The molecule has 0 unspecified atom stereocenters. The predicted octanol–water partition coefficient (Wildman–Crippen LogP) is 7.09. The van der Waals surface area contributed by atoms with Crippen LogP contribution in [0.5, 0.6) is 5.75 Å². The van der Waals surface area contributed by atoms with Gasteiger partial charge in [-0.05, 0) is 73.5 Å². The SMILES string of the molecule is CCCN(C[C@@H](C)Oc1ccc2c(CC(=O)O)cn(CCC)c2c1)S(=O)(=O)c1sc2ccc(C(F)(F)F)cc2c1C. The summed E-state index contributed by atoms with van der Waals surface area (Å²) in [5.74, 6) is -0.393. The fourth-order valence-corrected chi connectivity index (χ4v) is 8.49. The van der Waals surface area contributed by atoms with Crippen molar-refractivity contribution in [3.8, 4) is 5.75 Å².